The number of hydrogen-bond donors (Lipinski definition) is 1. The molecule has 0 radical (unpaired) electrons. The minimum Gasteiger partial charge on any atom is -0.451 e. The summed E-state index contributed by atoms with van der Waals surface area (Å²) in [6.45, 7) is 3.75. The molecule has 0 aliphatic carbocycles. The van der Waals surface area contributed by atoms with Crippen LogP contribution in [0.2, 0.25) is 0 Å². The molecule has 9 nitrogen and oxygen atoms in total. The Bertz CT molecular complexity index is 919. The van der Waals surface area contributed by atoms with E-state index in [9.17, 15) is 8.96 Å². The number of nitrogens with zero attached hydrogens (tertiary/aromatic N) is 3. The number of ether oxygens (including phenoxy) is 1. The first-order valence-electron chi connectivity index (χ1n) is 7.62. The number of furan rings is 1. The van der Waals surface area contributed by atoms with Crippen LogP contribution < -0.4 is 4.74 Å². The molecule has 0 fully saturated rings. The number of fused-ring (bicyclic) bond motifs is 1. The summed E-state index contributed by atoms with van der Waals surface area (Å²) in [4.78, 5) is 14.9. The molecule has 0 amide bonds. The topological polar surface area (TPSA) is 112 Å². The average Bonchev–Trinajstić information content (AvgIpc) is 3.16. The zero-order valence-corrected chi connectivity index (χ0v) is 16.9. The van der Waals surface area contributed by atoms with Gasteiger partial charge >= 0.3 is 13.5 Å². The second kappa shape index (κ2) is 7.99. The molecule has 0 aliphatic heterocycles. The normalized spacial score (nSPS) is 12.0. The van der Waals surface area contributed by atoms with Crippen LogP contribution in [0.5, 0.6) is 5.95 Å². The number of rotatable bonds is 8. The van der Waals surface area contributed by atoms with Crippen molar-refractivity contribution < 1.29 is 27.2 Å². The van der Waals surface area contributed by atoms with Gasteiger partial charge in [-0.15, -0.1) is 0 Å². The van der Waals surface area contributed by atoms with Crippen LogP contribution in [-0.2, 0) is 13.6 Å². The van der Waals surface area contributed by atoms with Gasteiger partial charge in [-0.1, -0.05) is 0 Å². The zero-order valence-electron chi connectivity index (χ0n) is 13.9. The summed E-state index contributed by atoms with van der Waals surface area (Å²) >= 11 is 1.73. The van der Waals surface area contributed by atoms with E-state index in [-0.39, 0.29) is 34.3 Å². The fourth-order valence-electron chi connectivity index (χ4n) is 2.13. The summed E-state index contributed by atoms with van der Waals surface area (Å²) in [6, 6.07) is 0. The molecule has 0 unspecified atom stereocenters. The molecule has 0 aliphatic rings. The number of halogens is 2. The third kappa shape index (κ3) is 3.90. The quantitative estimate of drug-likeness (QED) is 0.369. The number of nitrogens with one attached hydrogen (secondary N) is 1. The van der Waals surface area contributed by atoms with Crippen molar-refractivity contribution in [3.63, 3.8) is 0 Å². The van der Waals surface area contributed by atoms with E-state index in [1.165, 1.54) is 12.5 Å². The highest BCUT2D eigenvalue weighted by Gasteiger charge is 2.29. The van der Waals surface area contributed by atoms with Crippen LogP contribution in [0, 0.1) is 9.39 Å². The van der Waals surface area contributed by atoms with Crippen molar-refractivity contribution in [3.8, 4) is 17.5 Å². The van der Waals surface area contributed by atoms with Crippen LogP contribution in [0.1, 0.15) is 13.8 Å². The molecule has 1 N–H and O–H groups in total. The SMILES string of the molecule is CCOP(=O)(COc1oc(-c2nc3ncncc3[nH]2)c(F)c1I)OCC. The lowest BCUT2D eigenvalue weighted by atomic mass is 10.4. The molecule has 3 rings (SSSR count). The minimum absolute atomic E-state index is 0.0867. The van der Waals surface area contributed by atoms with Crippen LogP contribution in [0.25, 0.3) is 22.7 Å². The highest BCUT2D eigenvalue weighted by Crippen LogP contribution is 2.48. The van der Waals surface area contributed by atoms with E-state index in [2.05, 4.69) is 19.9 Å². The van der Waals surface area contributed by atoms with E-state index < -0.39 is 19.8 Å². The Morgan fingerprint density at radius 3 is 2.73 bits per heavy atom. The van der Waals surface area contributed by atoms with Gasteiger partial charge in [0, 0.05) is 0 Å². The van der Waals surface area contributed by atoms with Gasteiger partial charge in [-0.3, -0.25) is 4.57 Å². The Morgan fingerprint density at radius 1 is 1.35 bits per heavy atom. The van der Waals surface area contributed by atoms with Gasteiger partial charge in [0.2, 0.25) is 5.76 Å². The van der Waals surface area contributed by atoms with Crippen LogP contribution >= 0.6 is 30.2 Å². The van der Waals surface area contributed by atoms with Crippen LogP contribution in [0.3, 0.4) is 0 Å². The summed E-state index contributed by atoms with van der Waals surface area (Å²) in [5.74, 6) is -0.798. The van der Waals surface area contributed by atoms with Gasteiger partial charge in [-0.05, 0) is 36.4 Å². The third-order valence-electron chi connectivity index (χ3n) is 3.15. The molecule has 0 atom stereocenters. The van der Waals surface area contributed by atoms with Crippen molar-refractivity contribution in [1.29, 1.82) is 0 Å². The molecule has 0 aromatic carbocycles. The highest BCUT2D eigenvalue weighted by molar-refractivity contribution is 14.1. The lowest BCUT2D eigenvalue weighted by molar-refractivity contribution is 0.185. The summed E-state index contributed by atoms with van der Waals surface area (Å²) in [5.41, 5.74) is 0.911. The smallest absolute Gasteiger partial charge is 0.367 e. The second-order valence-corrected chi connectivity index (χ2v) is 7.99. The maximum absolute atomic E-state index is 14.5. The Hall–Kier alpha value is -1.56. The molecule has 3 heterocycles. The van der Waals surface area contributed by atoms with Crippen LogP contribution in [0.15, 0.2) is 16.9 Å². The predicted molar refractivity (Wildman–Crippen MR) is 98.4 cm³/mol. The molecular weight excluding hydrogens is 481 g/mol. The molecule has 0 saturated carbocycles. The maximum Gasteiger partial charge on any atom is 0.367 e. The molecule has 140 valence electrons. The van der Waals surface area contributed by atoms with E-state index in [0.717, 1.165) is 0 Å². The van der Waals surface area contributed by atoms with Crippen LogP contribution in [-0.4, -0.2) is 39.5 Å². The largest absolute Gasteiger partial charge is 0.451 e. The highest BCUT2D eigenvalue weighted by atomic mass is 127. The van der Waals surface area contributed by atoms with E-state index in [4.69, 9.17) is 18.2 Å². The summed E-state index contributed by atoms with van der Waals surface area (Å²) in [5, 5.41) is 0. The van der Waals surface area contributed by atoms with Crippen molar-refractivity contribution in [2.24, 2.45) is 0 Å². The summed E-state index contributed by atoms with van der Waals surface area (Å²) in [7, 11) is -3.46. The number of H-pyrrole nitrogens is 1. The zero-order chi connectivity index (χ0) is 18.7. The number of aromatic nitrogens is 4. The van der Waals surface area contributed by atoms with Crippen molar-refractivity contribution in [3.05, 3.63) is 21.9 Å². The maximum atomic E-state index is 14.5. The van der Waals surface area contributed by atoms with E-state index >= 15 is 0 Å². The van der Waals surface area contributed by atoms with E-state index in [1.807, 2.05) is 0 Å². The monoisotopic (exact) mass is 496 g/mol. The Balaban J connectivity index is 1.86. The van der Waals surface area contributed by atoms with E-state index in [0.29, 0.717) is 11.2 Å². The molecule has 0 saturated heterocycles. The Morgan fingerprint density at radius 2 is 2.08 bits per heavy atom. The number of aromatic amines is 1. The third-order valence-corrected chi connectivity index (χ3v) is 5.81. The van der Waals surface area contributed by atoms with Gasteiger partial charge in [0.05, 0.1) is 19.4 Å². The van der Waals surface area contributed by atoms with Gasteiger partial charge in [-0.25, -0.2) is 19.3 Å². The number of hydrogen-bond acceptors (Lipinski definition) is 8. The molecular formula is C14H15FIN4O5P. The van der Waals surface area contributed by atoms with Gasteiger partial charge in [0.25, 0.3) is 0 Å². The standard InChI is InChI=1S/C14H15FIN4O5P/c1-3-23-26(21,24-4-2)7-22-14-10(16)9(15)11(25-14)13-19-8-5-17-6-18-12(8)20-13/h5-6H,3-4,7H2,1-2H3,(H,17,18,19,20). The minimum atomic E-state index is -3.46. The van der Waals surface area contributed by atoms with Crippen molar-refractivity contribution in [1.82, 2.24) is 19.9 Å². The first-order valence-corrected chi connectivity index (χ1v) is 10.4. The van der Waals surface area contributed by atoms with Crippen molar-refractivity contribution >= 4 is 41.4 Å². The van der Waals surface area contributed by atoms with Crippen LogP contribution in [0.4, 0.5) is 4.39 Å². The lowest BCUT2D eigenvalue weighted by Gasteiger charge is -2.16. The Kier molecular flexibility index (Phi) is 5.90. The molecule has 3 aromatic rings. The van der Waals surface area contributed by atoms with Gasteiger partial charge in [0.1, 0.15) is 15.4 Å². The molecule has 26 heavy (non-hydrogen) atoms. The van der Waals surface area contributed by atoms with Gasteiger partial charge in [0.15, 0.2) is 23.6 Å². The fourth-order valence-corrected chi connectivity index (χ4v) is 3.93. The molecule has 12 heteroatoms. The second-order valence-electron chi connectivity index (χ2n) is 4.91. The molecule has 0 spiro atoms. The van der Waals surface area contributed by atoms with Crippen molar-refractivity contribution in [2.75, 3.05) is 19.6 Å². The van der Waals surface area contributed by atoms with Gasteiger partial charge < -0.3 is 23.2 Å². The summed E-state index contributed by atoms with van der Waals surface area (Å²) < 4.78 is 48.1. The fraction of sp³-hybridized carbons (Fsp3) is 0.357. The number of imidazole rings is 1. The summed E-state index contributed by atoms with van der Waals surface area (Å²) in [6.07, 6.45) is 2.45. The van der Waals surface area contributed by atoms with E-state index in [1.54, 1.807) is 36.4 Å². The first kappa shape index (κ1) is 19.2. The lowest BCUT2D eigenvalue weighted by Crippen LogP contribution is -2.05. The van der Waals surface area contributed by atoms with Gasteiger partial charge in [-0.2, -0.15) is 0 Å². The molecule has 3 aromatic heterocycles. The average molecular weight is 496 g/mol. The van der Waals surface area contributed by atoms with Crippen molar-refractivity contribution in [2.45, 2.75) is 13.8 Å². The molecule has 0 bridgehead atoms. The first-order chi connectivity index (χ1) is 12.5. The predicted octanol–water partition coefficient (Wildman–Crippen LogP) is 3.96. The Labute approximate surface area is 161 Å².